The average molecular weight is 349 g/mol. The molecule has 7 heteroatoms. The van der Waals surface area contributed by atoms with Crippen molar-refractivity contribution in [2.45, 2.75) is 6.92 Å². The summed E-state index contributed by atoms with van der Waals surface area (Å²) in [6.07, 6.45) is 1.39. The van der Waals surface area contributed by atoms with Gasteiger partial charge in [0.25, 0.3) is 11.6 Å². The summed E-state index contributed by atoms with van der Waals surface area (Å²) in [4.78, 5) is 22.3. The van der Waals surface area contributed by atoms with Crippen molar-refractivity contribution in [3.05, 3.63) is 87.7 Å². The lowest BCUT2D eigenvalue weighted by molar-refractivity contribution is -0.384. The van der Waals surface area contributed by atoms with Crippen molar-refractivity contribution >= 4 is 17.8 Å². The fourth-order valence-corrected chi connectivity index (χ4v) is 2.41. The Bertz CT molecular complexity index is 977. The molecule has 0 aliphatic heterocycles. The Morgan fingerprint density at radius 3 is 2.62 bits per heavy atom. The molecular formula is C19H15N3O4. The lowest BCUT2D eigenvalue weighted by Gasteiger charge is -2.02. The lowest BCUT2D eigenvalue weighted by atomic mass is 10.1. The molecule has 130 valence electrons. The largest absolute Gasteiger partial charge is 0.455 e. The van der Waals surface area contributed by atoms with Gasteiger partial charge in [-0.2, -0.15) is 5.10 Å². The van der Waals surface area contributed by atoms with E-state index in [-0.39, 0.29) is 11.6 Å². The van der Waals surface area contributed by atoms with Crippen LogP contribution in [-0.4, -0.2) is 17.0 Å². The van der Waals surface area contributed by atoms with Crippen LogP contribution in [0, 0.1) is 17.0 Å². The summed E-state index contributed by atoms with van der Waals surface area (Å²) in [5.41, 5.74) is 4.44. The lowest BCUT2D eigenvalue weighted by Crippen LogP contribution is -2.17. The smallest absolute Gasteiger partial charge is 0.271 e. The Hall–Kier alpha value is -3.74. The topological polar surface area (TPSA) is 97.7 Å². The number of benzene rings is 2. The average Bonchev–Trinajstić information content (AvgIpc) is 3.10. The summed E-state index contributed by atoms with van der Waals surface area (Å²) in [6.45, 7) is 1.78. The van der Waals surface area contributed by atoms with Crippen LogP contribution in [-0.2, 0) is 0 Å². The molecule has 0 aliphatic carbocycles. The number of hydrogen-bond donors (Lipinski definition) is 1. The molecule has 0 fully saturated rings. The van der Waals surface area contributed by atoms with Gasteiger partial charge < -0.3 is 4.42 Å². The Morgan fingerprint density at radius 1 is 1.15 bits per heavy atom. The highest BCUT2D eigenvalue weighted by molar-refractivity contribution is 5.94. The summed E-state index contributed by atoms with van der Waals surface area (Å²) in [6, 6.07) is 16.7. The summed E-state index contributed by atoms with van der Waals surface area (Å²) in [5.74, 6) is 0.694. The maximum Gasteiger partial charge on any atom is 0.271 e. The second-order valence-corrected chi connectivity index (χ2v) is 5.52. The third-order valence-corrected chi connectivity index (χ3v) is 3.71. The van der Waals surface area contributed by atoms with E-state index in [0.717, 1.165) is 11.1 Å². The summed E-state index contributed by atoms with van der Waals surface area (Å²) < 4.78 is 5.67. The molecule has 2 aromatic carbocycles. The molecule has 3 aromatic rings. The van der Waals surface area contributed by atoms with Crippen molar-refractivity contribution in [1.29, 1.82) is 0 Å². The number of hydrazone groups is 1. The van der Waals surface area contributed by atoms with Crippen LogP contribution in [0.25, 0.3) is 11.3 Å². The molecule has 1 heterocycles. The molecule has 0 radical (unpaired) electrons. The minimum Gasteiger partial charge on any atom is -0.455 e. The maximum absolute atomic E-state index is 11.9. The minimum atomic E-state index is -0.438. The molecular weight excluding hydrogens is 334 g/mol. The van der Waals surface area contributed by atoms with Crippen LogP contribution >= 0.6 is 0 Å². The first-order valence-electron chi connectivity index (χ1n) is 7.78. The van der Waals surface area contributed by atoms with Crippen molar-refractivity contribution in [3.63, 3.8) is 0 Å². The second-order valence-electron chi connectivity index (χ2n) is 5.52. The highest BCUT2D eigenvalue weighted by Crippen LogP contribution is 2.28. The molecule has 0 aliphatic rings. The van der Waals surface area contributed by atoms with Crippen molar-refractivity contribution in [3.8, 4) is 11.3 Å². The Balaban J connectivity index is 1.70. The summed E-state index contributed by atoms with van der Waals surface area (Å²) in [5, 5.41) is 14.7. The van der Waals surface area contributed by atoms with Gasteiger partial charge in [-0.1, -0.05) is 18.2 Å². The number of furan rings is 1. The maximum atomic E-state index is 11.9. The molecule has 0 atom stereocenters. The van der Waals surface area contributed by atoms with Crippen LogP contribution in [0.2, 0.25) is 0 Å². The van der Waals surface area contributed by atoms with Gasteiger partial charge in [0.1, 0.15) is 11.5 Å². The molecule has 1 N–H and O–H groups in total. The fourth-order valence-electron chi connectivity index (χ4n) is 2.41. The van der Waals surface area contributed by atoms with E-state index in [1.807, 2.05) is 6.07 Å². The molecule has 0 spiro atoms. The van der Waals surface area contributed by atoms with Gasteiger partial charge in [-0.3, -0.25) is 14.9 Å². The second kappa shape index (κ2) is 7.43. The van der Waals surface area contributed by atoms with Crippen LogP contribution in [0.3, 0.4) is 0 Å². The highest BCUT2D eigenvalue weighted by atomic mass is 16.6. The number of carbonyl (C=O) groups is 1. The van der Waals surface area contributed by atoms with E-state index in [9.17, 15) is 14.9 Å². The molecule has 1 amide bonds. The van der Waals surface area contributed by atoms with Crippen molar-refractivity contribution in [1.82, 2.24) is 5.43 Å². The fraction of sp³-hybridized carbons (Fsp3) is 0.0526. The van der Waals surface area contributed by atoms with Gasteiger partial charge in [0, 0.05) is 23.3 Å². The van der Waals surface area contributed by atoms with Gasteiger partial charge in [-0.25, -0.2) is 5.43 Å². The standard InChI is InChI=1S/C19H15N3O4/c1-13-11-15(22(24)25)7-9-17(13)18-10-8-16(26-18)12-20-21-19(23)14-5-3-2-4-6-14/h2-12H,1H3,(H,21,23)/b20-12-. The van der Waals surface area contributed by atoms with E-state index in [1.54, 1.807) is 49.4 Å². The molecule has 26 heavy (non-hydrogen) atoms. The van der Waals surface area contributed by atoms with Crippen molar-refractivity contribution < 1.29 is 14.1 Å². The van der Waals surface area contributed by atoms with E-state index in [0.29, 0.717) is 17.1 Å². The number of nitro benzene ring substituents is 1. The molecule has 1 aromatic heterocycles. The third kappa shape index (κ3) is 3.84. The molecule has 3 rings (SSSR count). The van der Waals surface area contributed by atoms with Crippen LogP contribution in [0.4, 0.5) is 5.69 Å². The van der Waals surface area contributed by atoms with Crippen LogP contribution < -0.4 is 5.43 Å². The van der Waals surface area contributed by atoms with Gasteiger partial charge in [0.05, 0.1) is 11.1 Å². The molecule has 0 saturated heterocycles. The number of nitrogens with zero attached hydrogens (tertiary/aromatic N) is 2. The van der Waals surface area contributed by atoms with Gasteiger partial charge in [0.15, 0.2) is 0 Å². The van der Waals surface area contributed by atoms with E-state index in [1.165, 1.54) is 18.3 Å². The first kappa shape index (κ1) is 17.1. The van der Waals surface area contributed by atoms with Gasteiger partial charge in [-0.05, 0) is 42.8 Å². The zero-order chi connectivity index (χ0) is 18.5. The predicted octanol–water partition coefficient (Wildman–Crippen LogP) is 3.93. The monoisotopic (exact) mass is 349 g/mol. The number of nitro groups is 1. The number of nitrogens with one attached hydrogen (secondary N) is 1. The van der Waals surface area contributed by atoms with E-state index < -0.39 is 4.92 Å². The number of non-ortho nitro benzene ring substituents is 1. The summed E-state index contributed by atoms with van der Waals surface area (Å²) >= 11 is 0. The molecule has 0 bridgehead atoms. The Labute approximate surface area is 149 Å². The van der Waals surface area contributed by atoms with Gasteiger partial charge in [-0.15, -0.1) is 0 Å². The minimum absolute atomic E-state index is 0.0308. The first-order valence-corrected chi connectivity index (χ1v) is 7.78. The normalized spacial score (nSPS) is 10.8. The Morgan fingerprint density at radius 2 is 1.92 bits per heavy atom. The third-order valence-electron chi connectivity index (χ3n) is 3.71. The van der Waals surface area contributed by atoms with Gasteiger partial charge in [0.2, 0.25) is 0 Å². The Kier molecular flexibility index (Phi) is 4.89. The molecule has 0 saturated carbocycles. The van der Waals surface area contributed by atoms with E-state index >= 15 is 0 Å². The zero-order valence-electron chi connectivity index (χ0n) is 13.9. The van der Waals surface area contributed by atoms with Crippen molar-refractivity contribution in [2.24, 2.45) is 5.10 Å². The number of aryl methyl sites for hydroxylation is 1. The number of carbonyl (C=O) groups excluding carboxylic acids is 1. The van der Waals surface area contributed by atoms with E-state index in [4.69, 9.17) is 4.42 Å². The highest BCUT2D eigenvalue weighted by Gasteiger charge is 2.12. The quantitative estimate of drug-likeness (QED) is 0.429. The van der Waals surface area contributed by atoms with Gasteiger partial charge >= 0.3 is 0 Å². The van der Waals surface area contributed by atoms with Crippen LogP contribution in [0.1, 0.15) is 21.7 Å². The van der Waals surface area contributed by atoms with E-state index in [2.05, 4.69) is 10.5 Å². The predicted molar refractivity (Wildman–Crippen MR) is 97.0 cm³/mol. The SMILES string of the molecule is Cc1cc([N+](=O)[O-])ccc1-c1ccc(/C=N\NC(=O)c2ccccc2)o1. The number of hydrogen-bond acceptors (Lipinski definition) is 5. The number of rotatable bonds is 5. The number of amides is 1. The van der Waals surface area contributed by atoms with Crippen LogP contribution in [0.15, 0.2) is 70.2 Å². The molecule has 0 unspecified atom stereocenters. The summed E-state index contributed by atoms with van der Waals surface area (Å²) in [7, 11) is 0. The van der Waals surface area contributed by atoms with Crippen molar-refractivity contribution in [2.75, 3.05) is 0 Å². The molecule has 7 nitrogen and oxygen atoms in total. The zero-order valence-corrected chi connectivity index (χ0v) is 13.9. The first-order chi connectivity index (χ1) is 12.5. The van der Waals surface area contributed by atoms with Crippen LogP contribution in [0.5, 0.6) is 0 Å².